The highest BCUT2D eigenvalue weighted by atomic mass is 16.5. The van der Waals surface area contributed by atoms with Gasteiger partial charge in [0.15, 0.2) is 0 Å². The first kappa shape index (κ1) is 13.0. The number of nitrogens with one attached hydrogen (secondary N) is 2. The first-order valence-corrected chi connectivity index (χ1v) is 5.47. The van der Waals surface area contributed by atoms with E-state index in [0.717, 1.165) is 18.7 Å². The third-order valence-corrected chi connectivity index (χ3v) is 2.65. The normalized spacial score (nSPS) is 10.5. The van der Waals surface area contributed by atoms with E-state index in [1.165, 1.54) is 16.7 Å². The summed E-state index contributed by atoms with van der Waals surface area (Å²) in [6.45, 7) is 5.72. The molecule has 0 heterocycles. The van der Waals surface area contributed by atoms with Crippen LogP contribution >= 0.6 is 0 Å². The summed E-state index contributed by atoms with van der Waals surface area (Å²) in [4.78, 5) is 0. The zero-order valence-corrected chi connectivity index (χ0v) is 10.3. The van der Waals surface area contributed by atoms with Gasteiger partial charge in [-0.2, -0.15) is 0 Å². The van der Waals surface area contributed by atoms with Crippen LogP contribution in [0.2, 0.25) is 0 Å². The zero-order valence-electron chi connectivity index (χ0n) is 10.3. The molecule has 0 bridgehead atoms. The number of hydrogen-bond donors (Lipinski definition) is 3. The van der Waals surface area contributed by atoms with Crippen molar-refractivity contribution < 1.29 is 4.74 Å². The highest BCUT2D eigenvalue weighted by molar-refractivity contribution is 5.41. The maximum atomic E-state index is 5.28. The summed E-state index contributed by atoms with van der Waals surface area (Å²) >= 11 is 0. The Hall–Kier alpha value is -1.10. The molecule has 0 saturated heterocycles. The third kappa shape index (κ3) is 3.48. The molecule has 1 aromatic carbocycles. The molecule has 1 rings (SSSR count). The number of hydrazine groups is 1. The highest BCUT2D eigenvalue weighted by Gasteiger charge is 2.04. The Morgan fingerprint density at radius 1 is 1.25 bits per heavy atom. The van der Waals surface area contributed by atoms with Crippen molar-refractivity contribution in [1.29, 1.82) is 0 Å². The van der Waals surface area contributed by atoms with E-state index in [9.17, 15) is 0 Å². The van der Waals surface area contributed by atoms with Crippen molar-refractivity contribution >= 4 is 0 Å². The summed E-state index contributed by atoms with van der Waals surface area (Å²) in [5.41, 5.74) is 6.37. The molecule has 0 fully saturated rings. The molecule has 0 aromatic heterocycles. The fraction of sp³-hybridized carbons (Fsp3) is 0.500. The summed E-state index contributed by atoms with van der Waals surface area (Å²) in [7, 11) is 1.70. The minimum Gasteiger partial charge on any atom is -0.496 e. The summed E-state index contributed by atoms with van der Waals surface area (Å²) in [5.74, 6) is 6.13. The Morgan fingerprint density at radius 3 is 2.62 bits per heavy atom. The standard InChI is InChI=1S/C12H21N3O/c1-9-7-12(16-3)10(2)6-11(9)4-5-14-8-15-13/h6-7,14-15H,4-5,8,13H2,1-3H3. The second-order valence-corrected chi connectivity index (χ2v) is 3.88. The second kappa shape index (κ2) is 6.48. The van der Waals surface area contributed by atoms with E-state index >= 15 is 0 Å². The molecule has 90 valence electrons. The highest BCUT2D eigenvalue weighted by Crippen LogP contribution is 2.22. The van der Waals surface area contributed by atoms with Crippen LogP contribution in [0.15, 0.2) is 12.1 Å². The average Bonchev–Trinajstić information content (AvgIpc) is 2.28. The maximum absolute atomic E-state index is 5.28. The molecule has 0 aliphatic heterocycles. The third-order valence-electron chi connectivity index (χ3n) is 2.65. The van der Waals surface area contributed by atoms with Crippen molar-refractivity contribution in [2.45, 2.75) is 20.3 Å². The molecule has 16 heavy (non-hydrogen) atoms. The monoisotopic (exact) mass is 223 g/mol. The van der Waals surface area contributed by atoms with E-state index in [4.69, 9.17) is 10.6 Å². The fourth-order valence-corrected chi connectivity index (χ4v) is 1.72. The van der Waals surface area contributed by atoms with Gasteiger partial charge in [-0.25, -0.2) is 5.43 Å². The van der Waals surface area contributed by atoms with Crippen LogP contribution in [0.1, 0.15) is 16.7 Å². The summed E-state index contributed by atoms with van der Waals surface area (Å²) in [6.07, 6.45) is 0.998. The number of hydrogen-bond acceptors (Lipinski definition) is 4. The summed E-state index contributed by atoms with van der Waals surface area (Å²) in [5, 5.41) is 3.19. The van der Waals surface area contributed by atoms with E-state index in [0.29, 0.717) is 6.67 Å². The first-order chi connectivity index (χ1) is 7.69. The topological polar surface area (TPSA) is 59.3 Å². The van der Waals surface area contributed by atoms with Gasteiger partial charge in [0.05, 0.1) is 13.8 Å². The molecule has 0 aliphatic carbocycles. The van der Waals surface area contributed by atoms with Gasteiger partial charge in [-0.3, -0.25) is 5.84 Å². The fourth-order valence-electron chi connectivity index (χ4n) is 1.72. The van der Waals surface area contributed by atoms with Gasteiger partial charge in [-0.1, -0.05) is 6.07 Å². The Labute approximate surface area is 97.1 Å². The van der Waals surface area contributed by atoms with Gasteiger partial charge in [-0.05, 0) is 43.0 Å². The molecule has 4 nitrogen and oxygen atoms in total. The maximum Gasteiger partial charge on any atom is 0.122 e. The molecule has 0 amide bonds. The molecule has 4 N–H and O–H groups in total. The van der Waals surface area contributed by atoms with Crippen molar-refractivity contribution in [2.24, 2.45) is 5.84 Å². The summed E-state index contributed by atoms with van der Waals surface area (Å²) < 4.78 is 5.28. The van der Waals surface area contributed by atoms with Gasteiger partial charge in [-0.15, -0.1) is 0 Å². The van der Waals surface area contributed by atoms with Gasteiger partial charge >= 0.3 is 0 Å². The Morgan fingerprint density at radius 2 is 2.00 bits per heavy atom. The lowest BCUT2D eigenvalue weighted by molar-refractivity contribution is 0.411. The number of nitrogens with two attached hydrogens (primary N) is 1. The van der Waals surface area contributed by atoms with Gasteiger partial charge < -0.3 is 10.1 Å². The smallest absolute Gasteiger partial charge is 0.122 e. The number of methoxy groups -OCH3 is 1. The van der Waals surface area contributed by atoms with Crippen molar-refractivity contribution in [2.75, 3.05) is 20.3 Å². The molecule has 0 aliphatic rings. The van der Waals surface area contributed by atoms with Crippen LogP contribution in [0.4, 0.5) is 0 Å². The van der Waals surface area contributed by atoms with Crippen LogP contribution in [0.3, 0.4) is 0 Å². The van der Waals surface area contributed by atoms with Crippen LogP contribution in [-0.2, 0) is 6.42 Å². The van der Waals surface area contributed by atoms with Crippen molar-refractivity contribution in [3.8, 4) is 5.75 Å². The van der Waals surface area contributed by atoms with Crippen LogP contribution in [0.5, 0.6) is 5.75 Å². The molecule has 0 radical (unpaired) electrons. The van der Waals surface area contributed by atoms with E-state index in [-0.39, 0.29) is 0 Å². The molecule has 0 atom stereocenters. The number of aryl methyl sites for hydroxylation is 2. The summed E-state index contributed by atoms with van der Waals surface area (Å²) in [6, 6.07) is 4.28. The SMILES string of the molecule is COc1cc(C)c(CCNCNN)cc1C. The van der Waals surface area contributed by atoms with Crippen LogP contribution < -0.4 is 21.3 Å². The van der Waals surface area contributed by atoms with Gasteiger partial charge in [0.1, 0.15) is 5.75 Å². The van der Waals surface area contributed by atoms with Crippen molar-refractivity contribution in [3.05, 3.63) is 28.8 Å². The van der Waals surface area contributed by atoms with Gasteiger partial charge in [0.2, 0.25) is 0 Å². The van der Waals surface area contributed by atoms with E-state index < -0.39 is 0 Å². The zero-order chi connectivity index (χ0) is 12.0. The number of rotatable bonds is 6. The van der Waals surface area contributed by atoms with E-state index in [2.05, 4.69) is 36.7 Å². The minimum absolute atomic E-state index is 0.633. The average molecular weight is 223 g/mol. The van der Waals surface area contributed by atoms with Crippen LogP contribution in [0, 0.1) is 13.8 Å². The molecular formula is C12H21N3O. The van der Waals surface area contributed by atoms with Crippen LogP contribution in [-0.4, -0.2) is 20.3 Å². The first-order valence-electron chi connectivity index (χ1n) is 5.47. The number of benzene rings is 1. The molecule has 0 unspecified atom stereocenters. The molecule has 1 aromatic rings. The van der Waals surface area contributed by atoms with Gasteiger partial charge in [0.25, 0.3) is 0 Å². The lowest BCUT2D eigenvalue weighted by Gasteiger charge is -2.11. The Bertz CT molecular complexity index is 339. The van der Waals surface area contributed by atoms with Crippen molar-refractivity contribution in [1.82, 2.24) is 10.7 Å². The van der Waals surface area contributed by atoms with Crippen LogP contribution in [0.25, 0.3) is 0 Å². The Kier molecular flexibility index (Phi) is 5.25. The lowest BCUT2D eigenvalue weighted by atomic mass is 10.0. The predicted molar refractivity (Wildman–Crippen MR) is 66.4 cm³/mol. The Balaban J connectivity index is 2.63. The molecular weight excluding hydrogens is 202 g/mol. The molecule has 4 heteroatoms. The minimum atomic E-state index is 0.633. The molecule has 0 spiro atoms. The lowest BCUT2D eigenvalue weighted by Crippen LogP contribution is -2.34. The molecule has 0 saturated carbocycles. The predicted octanol–water partition coefficient (Wildman–Crippen LogP) is 0.865. The largest absolute Gasteiger partial charge is 0.496 e. The quantitative estimate of drug-likeness (QED) is 0.290. The van der Waals surface area contributed by atoms with E-state index in [1.807, 2.05) is 0 Å². The second-order valence-electron chi connectivity index (χ2n) is 3.88. The number of ether oxygens (including phenoxy) is 1. The van der Waals surface area contributed by atoms with Crippen molar-refractivity contribution in [3.63, 3.8) is 0 Å². The van der Waals surface area contributed by atoms with Gasteiger partial charge in [0, 0.05) is 6.54 Å². The van der Waals surface area contributed by atoms with E-state index in [1.54, 1.807) is 7.11 Å².